The van der Waals surface area contributed by atoms with E-state index in [4.69, 9.17) is 0 Å². The van der Waals surface area contributed by atoms with E-state index in [1.165, 1.54) is 4.57 Å². The number of aryl methyl sites for hydroxylation is 1. The summed E-state index contributed by atoms with van der Waals surface area (Å²) < 4.78 is 1.51. The molecule has 0 radical (unpaired) electrons. The number of benzene rings is 2. The van der Waals surface area contributed by atoms with E-state index in [0.717, 1.165) is 22.1 Å². The molecule has 154 valence electrons. The fourth-order valence-electron chi connectivity index (χ4n) is 3.84. The number of hydrogen-bond donors (Lipinski definition) is 3. The maximum atomic E-state index is 12.3. The zero-order valence-electron chi connectivity index (χ0n) is 16.6. The molecule has 1 unspecified atom stereocenters. The highest BCUT2D eigenvalue weighted by Crippen LogP contribution is 2.33. The first-order valence-corrected chi connectivity index (χ1v) is 9.89. The molecule has 1 aliphatic heterocycles. The topological polar surface area (TPSA) is 100 Å². The molecule has 1 atom stereocenters. The highest BCUT2D eigenvalue weighted by molar-refractivity contribution is 6.00. The molecule has 4 rings (SSSR count). The smallest absolute Gasteiger partial charge is 0.249 e. The van der Waals surface area contributed by atoms with E-state index < -0.39 is 11.9 Å². The molecular weight excluding hydrogens is 382 g/mol. The number of aromatic hydroxyl groups is 1. The number of hydrogen-bond acceptors (Lipinski definition) is 4. The first-order chi connectivity index (χ1) is 14.4. The molecule has 1 aromatic heterocycles. The predicted octanol–water partition coefficient (Wildman–Crippen LogP) is 2.49. The van der Waals surface area contributed by atoms with E-state index in [1.807, 2.05) is 43.3 Å². The van der Waals surface area contributed by atoms with Gasteiger partial charge in [-0.2, -0.15) is 0 Å². The Bertz CT molecular complexity index is 1150. The van der Waals surface area contributed by atoms with Gasteiger partial charge in [0, 0.05) is 29.9 Å². The van der Waals surface area contributed by atoms with Crippen molar-refractivity contribution < 1.29 is 19.5 Å². The van der Waals surface area contributed by atoms with Crippen LogP contribution in [0, 0.1) is 6.92 Å². The Morgan fingerprint density at radius 2 is 2.03 bits per heavy atom. The van der Waals surface area contributed by atoms with E-state index in [-0.39, 0.29) is 24.1 Å². The van der Waals surface area contributed by atoms with Crippen LogP contribution in [0.5, 0.6) is 5.88 Å². The van der Waals surface area contributed by atoms with Crippen LogP contribution in [0.3, 0.4) is 0 Å². The van der Waals surface area contributed by atoms with Gasteiger partial charge in [0.1, 0.15) is 6.04 Å². The molecule has 0 spiro atoms. The Kier molecular flexibility index (Phi) is 5.27. The summed E-state index contributed by atoms with van der Waals surface area (Å²) in [6, 6.07) is 12.7. The van der Waals surface area contributed by atoms with Crippen LogP contribution in [-0.2, 0) is 27.3 Å². The Morgan fingerprint density at radius 1 is 1.20 bits per heavy atom. The van der Waals surface area contributed by atoms with Crippen LogP contribution < -0.4 is 10.6 Å². The lowest BCUT2D eigenvalue weighted by Gasteiger charge is -2.22. The second kappa shape index (κ2) is 8.02. The summed E-state index contributed by atoms with van der Waals surface area (Å²) in [6.45, 7) is 2.36. The summed E-state index contributed by atoms with van der Waals surface area (Å²) in [6.07, 6.45) is 2.61. The second-order valence-electron chi connectivity index (χ2n) is 7.69. The van der Waals surface area contributed by atoms with Crippen LogP contribution in [-0.4, -0.2) is 27.4 Å². The Hall–Kier alpha value is -3.61. The lowest BCUT2D eigenvalue weighted by atomic mass is 10.1. The molecule has 0 aliphatic carbocycles. The van der Waals surface area contributed by atoms with Crippen LogP contribution in [0.4, 0.5) is 0 Å². The third-order valence-corrected chi connectivity index (χ3v) is 5.36. The van der Waals surface area contributed by atoms with Crippen LogP contribution in [0.2, 0.25) is 0 Å². The summed E-state index contributed by atoms with van der Waals surface area (Å²) in [4.78, 5) is 35.8. The SMILES string of the molecule is Cc1cccc(CC(=O)NCc2ccc3c(O)n(C4CCC(=O)NC4=O)cc3c2)c1. The molecule has 7 nitrogen and oxygen atoms in total. The van der Waals surface area contributed by atoms with Crippen LogP contribution in [0.15, 0.2) is 48.7 Å². The lowest BCUT2D eigenvalue weighted by Crippen LogP contribution is -2.41. The molecule has 2 aromatic carbocycles. The van der Waals surface area contributed by atoms with Crippen molar-refractivity contribution in [1.29, 1.82) is 0 Å². The molecule has 1 saturated heterocycles. The standard InChI is InChI=1S/C23H23N3O4/c1-14-3-2-4-15(9-14)11-21(28)24-12-16-5-6-18-17(10-16)13-26(23(18)30)19-7-8-20(27)25-22(19)29/h2-6,9-10,13,19,30H,7-8,11-12H2,1H3,(H,24,28)(H,25,27,29). The number of rotatable bonds is 5. The second-order valence-corrected chi connectivity index (χ2v) is 7.69. The Labute approximate surface area is 173 Å². The molecule has 3 N–H and O–H groups in total. The Balaban J connectivity index is 1.46. The van der Waals surface area contributed by atoms with Gasteiger partial charge in [-0.05, 0) is 36.6 Å². The molecule has 0 bridgehead atoms. The highest BCUT2D eigenvalue weighted by Gasteiger charge is 2.30. The third kappa shape index (κ3) is 4.05. The number of carbonyl (C=O) groups excluding carboxylic acids is 3. The average Bonchev–Trinajstić information content (AvgIpc) is 3.02. The zero-order chi connectivity index (χ0) is 21.3. The minimum absolute atomic E-state index is 0.00506. The van der Waals surface area contributed by atoms with Crippen molar-refractivity contribution in [2.75, 3.05) is 0 Å². The van der Waals surface area contributed by atoms with E-state index in [2.05, 4.69) is 10.6 Å². The fraction of sp³-hybridized carbons (Fsp3) is 0.261. The maximum Gasteiger partial charge on any atom is 0.249 e. The number of fused-ring (bicyclic) bond motifs is 1. The molecule has 2 heterocycles. The van der Waals surface area contributed by atoms with Crippen LogP contribution >= 0.6 is 0 Å². The first-order valence-electron chi connectivity index (χ1n) is 9.89. The quantitative estimate of drug-likeness (QED) is 0.568. The summed E-state index contributed by atoms with van der Waals surface area (Å²) in [5, 5.41) is 17.2. The van der Waals surface area contributed by atoms with Crippen molar-refractivity contribution in [3.05, 3.63) is 65.4 Å². The molecule has 1 fully saturated rings. The highest BCUT2D eigenvalue weighted by atomic mass is 16.3. The van der Waals surface area contributed by atoms with Gasteiger partial charge in [0.2, 0.25) is 17.7 Å². The monoisotopic (exact) mass is 405 g/mol. The van der Waals surface area contributed by atoms with Crippen molar-refractivity contribution in [3.63, 3.8) is 0 Å². The molecule has 3 amide bonds. The van der Waals surface area contributed by atoms with Crippen molar-refractivity contribution in [3.8, 4) is 5.88 Å². The van der Waals surface area contributed by atoms with Gasteiger partial charge in [-0.15, -0.1) is 0 Å². The summed E-state index contributed by atoms with van der Waals surface area (Å²) in [5.74, 6) is -0.777. The molecule has 7 heteroatoms. The van der Waals surface area contributed by atoms with Gasteiger partial charge in [-0.1, -0.05) is 35.9 Å². The number of amides is 3. The van der Waals surface area contributed by atoms with Gasteiger partial charge < -0.3 is 15.0 Å². The third-order valence-electron chi connectivity index (χ3n) is 5.36. The van der Waals surface area contributed by atoms with Gasteiger partial charge >= 0.3 is 0 Å². The summed E-state index contributed by atoms with van der Waals surface area (Å²) in [5.41, 5.74) is 2.97. The van der Waals surface area contributed by atoms with Crippen molar-refractivity contribution in [2.24, 2.45) is 0 Å². The minimum atomic E-state index is -0.618. The summed E-state index contributed by atoms with van der Waals surface area (Å²) in [7, 11) is 0. The number of carbonyl (C=O) groups is 3. The Morgan fingerprint density at radius 3 is 2.80 bits per heavy atom. The molecule has 0 saturated carbocycles. The zero-order valence-corrected chi connectivity index (χ0v) is 16.6. The van der Waals surface area contributed by atoms with Crippen molar-refractivity contribution in [1.82, 2.24) is 15.2 Å². The number of nitrogens with zero attached hydrogens (tertiary/aromatic N) is 1. The van der Waals surface area contributed by atoms with Gasteiger partial charge in [-0.25, -0.2) is 0 Å². The fourth-order valence-corrected chi connectivity index (χ4v) is 3.84. The number of nitrogens with one attached hydrogen (secondary N) is 2. The van der Waals surface area contributed by atoms with E-state index in [9.17, 15) is 19.5 Å². The molecule has 30 heavy (non-hydrogen) atoms. The maximum absolute atomic E-state index is 12.3. The predicted molar refractivity (Wildman–Crippen MR) is 112 cm³/mol. The van der Waals surface area contributed by atoms with E-state index in [1.54, 1.807) is 12.3 Å². The van der Waals surface area contributed by atoms with Crippen LogP contribution in [0.1, 0.15) is 35.6 Å². The minimum Gasteiger partial charge on any atom is -0.494 e. The molecule has 1 aliphatic rings. The van der Waals surface area contributed by atoms with Crippen molar-refractivity contribution in [2.45, 2.75) is 38.8 Å². The normalized spacial score (nSPS) is 16.5. The first kappa shape index (κ1) is 19.7. The average molecular weight is 405 g/mol. The molecular formula is C23H23N3O4. The number of imide groups is 1. The molecule has 3 aromatic rings. The van der Waals surface area contributed by atoms with Gasteiger partial charge in [0.15, 0.2) is 5.88 Å². The summed E-state index contributed by atoms with van der Waals surface area (Å²) >= 11 is 0. The number of piperidine rings is 1. The van der Waals surface area contributed by atoms with Crippen molar-refractivity contribution >= 4 is 28.5 Å². The lowest BCUT2D eigenvalue weighted by molar-refractivity contribution is -0.135. The van der Waals surface area contributed by atoms with Crippen LogP contribution in [0.25, 0.3) is 10.8 Å². The largest absolute Gasteiger partial charge is 0.494 e. The van der Waals surface area contributed by atoms with E-state index >= 15 is 0 Å². The van der Waals surface area contributed by atoms with Gasteiger partial charge in [-0.3, -0.25) is 19.7 Å². The van der Waals surface area contributed by atoms with Gasteiger partial charge in [0.05, 0.1) is 6.42 Å². The van der Waals surface area contributed by atoms with Gasteiger partial charge in [0.25, 0.3) is 0 Å². The van der Waals surface area contributed by atoms with E-state index in [0.29, 0.717) is 24.8 Å². The number of aromatic nitrogens is 1.